The Labute approximate surface area is 160 Å². The van der Waals surface area contributed by atoms with Gasteiger partial charge in [0.1, 0.15) is 4.90 Å². The number of ketones is 1. The smallest absolute Gasteiger partial charge is 0.305 e. The average molecular weight is 397 g/mol. The van der Waals surface area contributed by atoms with Crippen LogP contribution >= 0.6 is 0 Å². The molecule has 0 bridgehead atoms. The van der Waals surface area contributed by atoms with E-state index in [1.165, 1.54) is 30.5 Å². The SMILES string of the molecule is Cc1ccc(S(=O)(=O)ON=C(C(=O)c2ccccc2)c2nccc(=O)[nH]2)cc1. The Hall–Kier alpha value is -3.59. The van der Waals surface area contributed by atoms with Crippen molar-refractivity contribution in [3.63, 3.8) is 0 Å². The molecule has 0 atom stereocenters. The molecule has 0 spiro atoms. The Kier molecular flexibility index (Phi) is 5.46. The summed E-state index contributed by atoms with van der Waals surface area (Å²) >= 11 is 0. The largest absolute Gasteiger partial charge is 0.358 e. The van der Waals surface area contributed by atoms with Crippen LogP contribution in [0.1, 0.15) is 21.7 Å². The number of hydrogen-bond acceptors (Lipinski definition) is 7. The van der Waals surface area contributed by atoms with Crippen LogP contribution in [0.5, 0.6) is 0 Å². The first kappa shape index (κ1) is 19.2. The van der Waals surface area contributed by atoms with E-state index in [9.17, 15) is 18.0 Å². The molecular weight excluding hydrogens is 382 g/mol. The van der Waals surface area contributed by atoms with Gasteiger partial charge in [-0.3, -0.25) is 13.9 Å². The maximum atomic E-state index is 12.8. The lowest BCUT2D eigenvalue weighted by Gasteiger charge is -2.06. The molecule has 1 N–H and O–H groups in total. The topological polar surface area (TPSA) is 119 Å². The van der Waals surface area contributed by atoms with Gasteiger partial charge in [-0.05, 0) is 19.1 Å². The van der Waals surface area contributed by atoms with Crippen molar-refractivity contribution in [1.29, 1.82) is 0 Å². The number of carbonyl (C=O) groups excluding carboxylic acids is 1. The number of nitrogens with one attached hydrogen (secondary N) is 1. The standard InChI is InChI=1S/C19H15N3O5S/c1-13-7-9-15(10-8-13)28(25,26)27-22-17(19-20-12-11-16(23)21-19)18(24)14-5-3-2-4-6-14/h2-12H,1H3,(H,20,21,23). The first-order chi connectivity index (χ1) is 13.4. The lowest BCUT2D eigenvalue weighted by molar-refractivity contribution is 0.106. The van der Waals surface area contributed by atoms with Crippen LogP contribution in [0.25, 0.3) is 0 Å². The van der Waals surface area contributed by atoms with E-state index in [-0.39, 0.29) is 16.3 Å². The van der Waals surface area contributed by atoms with Gasteiger partial charge < -0.3 is 4.98 Å². The number of rotatable bonds is 6. The normalized spacial score (nSPS) is 11.8. The van der Waals surface area contributed by atoms with Crippen molar-refractivity contribution in [1.82, 2.24) is 9.97 Å². The molecule has 3 aromatic rings. The van der Waals surface area contributed by atoms with E-state index >= 15 is 0 Å². The van der Waals surface area contributed by atoms with Gasteiger partial charge in [0, 0.05) is 17.8 Å². The molecule has 28 heavy (non-hydrogen) atoms. The molecule has 3 rings (SSSR count). The summed E-state index contributed by atoms with van der Waals surface area (Å²) in [6.07, 6.45) is 1.18. The second kappa shape index (κ2) is 7.97. The predicted octanol–water partition coefficient (Wildman–Crippen LogP) is 2.07. The lowest BCUT2D eigenvalue weighted by Crippen LogP contribution is -2.23. The number of benzene rings is 2. The van der Waals surface area contributed by atoms with Crippen molar-refractivity contribution >= 4 is 21.6 Å². The van der Waals surface area contributed by atoms with Crippen LogP contribution in [0.15, 0.2) is 81.7 Å². The van der Waals surface area contributed by atoms with Crippen molar-refractivity contribution in [3.8, 4) is 0 Å². The Balaban J connectivity index is 2.02. The number of oxime groups is 1. The van der Waals surface area contributed by atoms with Gasteiger partial charge in [0.25, 0.3) is 5.56 Å². The molecular formula is C19H15N3O5S. The molecule has 2 aromatic carbocycles. The molecule has 0 radical (unpaired) electrons. The van der Waals surface area contributed by atoms with E-state index in [1.807, 2.05) is 6.92 Å². The van der Waals surface area contributed by atoms with Gasteiger partial charge in [0.15, 0.2) is 11.5 Å². The van der Waals surface area contributed by atoms with Gasteiger partial charge in [0.05, 0.1) is 0 Å². The van der Waals surface area contributed by atoms with Gasteiger partial charge in [-0.1, -0.05) is 53.2 Å². The predicted molar refractivity (Wildman–Crippen MR) is 102 cm³/mol. The summed E-state index contributed by atoms with van der Waals surface area (Å²) in [4.78, 5) is 30.5. The fourth-order valence-corrected chi connectivity index (χ4v) is 2.97. The Bertz CT molecular complexity index is 1180. The molecule has 0 amide bonds. The van der Waals surface area contributed by atoms with Crippen LogP contribution in [0.3, 0.4) is 0 Å². The lowest BCUT2D eigenvalue weighted by atomic mass is 10.1. The van der Waals surface area contributed by atoms with Crippen molar-refractivity contribution in [2.24, 2.45) is 5.16 Å². The fraction of sp³-hybridized carbons (Fsp3) is 0.0526. The van der Waals surface area contributed by atoms with Crippen molar-refractivity contribution in [3.05, 3.63) is 94.2 Å². The second-order valence-corrected chi connectivity index (χ2v) is 7.29. The molecule has 1 heterocycles. The number of carbonyl (C=O) groups is 1. The van der Waals surface area contributed by atoms with Crippen LogP contribution in [0.2, 0.25) is 0 Å². The number of Topliss-reactive ketones (excluding diaryl/α,β-unsaturated/α-hetero) is 1. The quantitative estimate of drug-likeness (QED) is 0.386. The Morgan fingerprint density at radius 1 is 1.04 bits per heavy atom. The number of aromatic amines is 1. The summed E-state index contributed by atoms with van der Waals surface area (Å²) in [7, 11) is -4.27. The maximum absolute atomic E-state index is 12.8. The van der Waals surface area contributed by atoms with Gasteiger partial charge in [0.2, 0.25) is 5.78 Å². The molecule has 1 aromatic heterocycles. The van der Waals surface area contributed by atoms with E-state index in [0.717, 1.165) is 11.6 Å². The van der Waals surface area contributed by atoms with Gasteiger partial charge in [-0.25, -0.2) is 4.98 Å². The summed E-state index contributed by atoms with van der Waals surface area (Å²) in [6, 6.07) is 15.1. The average Bonchev–Trinajstić information content (AvgIpc) is 2.69. The van der Waals surface area contributed by atoms with Crippen LogP contribution in [0.4, 0.5) is 0 Å². The van der Waals surface area contributed by atoms with Crippen molar-refractivity contribution < 1.29 is 17.5 Å². The molecule has 0 unspecified atom stereocenters. The molecule has 0 saturated heterocycles. The highest BCUT2D eigenvalue weighted by molar-refractivity contribution is 7.86. The third kappa shape index (κ3) is 4.38. The van der Waals surface area contributed by atoms with E-state index in [2.05, 4.69) is 15.1 Å². The minimum absolute atomic E-state index is 0.122. The fourth-order valence-electron chi connectivity index (χ4n) is 2.24. The summed E-state index contributed by atoms with van der Waals surface area (Å²) in [6.45, 7) is 1.81. The third-order valence-electron chi connectivity index (χ3n) is 3.68. The zero-order valence-electron chi connectivity index (χ0n) is 14.7. The summed E-state index contributed by atoms with van der Waals surface area (Å²) in [5.74, 6) is -0.866. The number of aryl methyl sites for hydroxylation is 1. The van der Waals surface area contributed by atoms with Gasteiger partial charge in [-0.2, -0.15) is 8.42 Å². The van der Waals surface area contributed by atoms with E-state index in [0.29, 0.717) is 0 Å². The zero-order chi connectivity index (χ0) is 20.1. The first-order valence-corrected chi connectivity index (χ1v) is 9.51. The van der Waals surface area contributed by atoms with Crippen molar-refractivity contribution in [2.75, 3.05) is 0 Å². The molecule has 0 saturated carbocycles. The van der Waals surface area contributed by atoms with Crippen molar-refractivity contribution in [2.45, 2.75) is 11.8 Å². The minimum Gasteiger partial charge on any atom is -0.305 e. The highest BCUT2D eigenvalue weighted by Crippen LogP contribution is 2.14. The molecule has 0 aliphatic rings. The van der Waals surface area contributed by atoms with Gasteiger partial charge >= 0.3 is 10.1 Å². The van der Waals surface area contributed by atoms with Gasteiger partial charge in [-0.15, -0.1) is 0 Å². The molecule has 9 heteroatoms. The maximum Gasteiger partial charge on any atom is 0.358 e. The third-order valence-corrected chi connectivity index (χ3v) is 4.80. The highest BCUT2D eigenvalue weighted by atomic mass is 32.2. The molecule has 0 fully saturated rings. The zero-order valence-corrected chi connectivity index (χ0v) is 15.5. The number of aromatic nitrogens is 2. The summed E-state index contributed by atoms with van der Waals surface area (Å²) in [5, 5.41) is 3.53. The molecule has 0 aliphatic carbocycles. The number of H-pyrrole nitrogens is 1. The highest BCUT2D eigenvalue weighted by Gasteiger charge is 2.22. The first-order valence-electron chi connectivity index (χ1n) is 8.10. The van der Waals surface area contributed by atoms with E-state index in [1.54, 1.807) is 30.3 Å². The second-order valence-electron chi connectivity index (χ2n) is 5.76. The van der Waals surface area contributed by atoms with Crippen LogP contribution in [0, 0.1) is 6.92 Å². The molecule has 142 valence electrons. The summed E-state index contributed by atoms with van der Waals surface area (Å²) < 4.78 is 29.5. The molecule has 8 nitrogen and oxygen atoms in total. The monoisotopic (exact) mass is 397 g/mol. The van der Waals surface area contributed by atoms with E-state index in [4.69, 9.17) is 4.28 Å². The number of nitrogens with zero attached hydrogens (tertiary/aromatic N) is 2. The summed E-state index contributed by atoms with van der Waals surface area (Å²) in [5.41, 5.74) is 0.122. The number of hydrogen-bond donors (Lipinski definition) is 1. The Morgan fingerprint density at radius 2 is 1.71 bits per heavy atom. The Morgan fingerprint density at radius 3 is 2.36 bits per heavy atom. The van der Waals surface area contributed by atoms with Crippen LogP contribution < -0.4 is 5.56 Å². The van der Waals surface area contributed by atoms with Crippen LogP contribution in [-0.4, -0.2) is 29.9 Å². The minimum atomic E-state index is -4.27. The van der Waals surface area contributed by atoms with E-state index < -0.39 is 27.2 Å². The van der Waals surface area contributed by atoms with Crippen LogP contribution in [-0.2, 0) is 14.4 Å². The molecule has 0 aliphatic heterocycles.